The normalized spacial score (nSPS) is 14.5. The number of anilines is 3. The summed E-state index contributed by atoms with van der Waals surface area (Å²) in [5.74, 6) is 2.30. The Morgan fingerprint density at radius 3 is 2.52 bits per heavy atom. The van der Waals surface area contributed by atoms with Crippen LogP contribution in [0.4, 0.5) is 17.8 Å². The van der Waals surface area contributed by atoms with Crippen molar-refractivity contribution >= 4 is 17.8 Å². The zero-order valence-electron chi connectivity index (χ0n) is 13.6. The van der Waals surface area contributed by atoms with Crippen molar-refractivity contribution in [3.8, 4) is 0 Å². The molecule has 0 amide bonds. The number of nitrogens with zero attached hydrogens (tertiary/aromatic N) is 5. The summed E-state index contributed by atoms with van der Waals surface area (Å²) in [5, 5.41) is 3.29. The van der Waals surface area contributed by atoms with Crippen LogP contribution in [0, 0.1) is 0 Å². The average Bonchev–Trinajstić information content (AvgIpc) is 3.04. The lowest BCUT2D eigenvalue weighted by molar-refractivity contribution is 0.743. The van der Waals surface area contributed by atoms with Gasteiger partial charge in [0.25, 0.3) is 0 Å². The SMILES string of the molecule is CCCCN(C)c1nc(NCCC)nc(N2CCCC2)n1. The molecule has 6 nitrogen and oxygen atoms in total. The quantitative estimate of drug-likeness (QED) is 0.794. The predicted molar refractivity (Wildman–Crippen MR) is 88.2 cm³/mol. The molecule has 1 saturated heterocycles. The molecule has 2 heterocycles. The van der Waals surface area contributed by atoms with Gasteiger partial charge in [-0.15, -0.1) is 0 Å². The van der Waals surface area contributed by atoms with Crippen LogP contribution in [-0.2, 0) is 0 Å². The highest BCUT2D eigenvalue weighted by Gasteiger charge is 2.18. The fourth-order valence-electron chi connectivity index (χ4n) is 2.39. The van der Waals surface area contributed by atoms with E-state index in [0.29, 0.717) is 5.95 Å². The van der Waals surface area contributed by atoms with E-state index < -0.39 is 0 Å². The molecule has 21 heavy (non-hydrogen) atoms. The van der Waals surface area contributed by atoms with Gasteiger partial charge in [-0.25, -0.2) is 0 Å². The summed E-state index contributed by atoms with van der Waals surface area (Å²) >= 11 is 0. The van der Waals surface area contributed by atoms with Gasteiger partial charge in [0.05, 0.1) is 0 Å². The Balaban J connectivity index is 2.18. The van der Waals surface area contributed by atoms with Crippen LogP contribution in [0.5, 0.6) is 0 Å². The minimum Gasteiger partial charge on any atom is -0.354 e. The monoisotopic (exact) mass is 292 g/mol. The van der Waals surface area contributed by atoms with Crippen molar-refractivity contribution in [3.63, 3.8) is 0 Å². The molecular formula is C15H28N6. The van der Waals surface area contributed by atoms with Gasteiger partial charge in [0.2, 0.25) is 17.8 Å². The third kappa shape index (κ3) is 4.44. The lowest BCUT2D eigenvalue weighted by atomic mass is 10.3. The summed E-state index contributed by atoms with van der Waals surface area (Å²) in [6, 6.07) is 0. The summed E-state index contributed by atoms with van der Waals surface area (Å²) in [6.07, 6.45) is 5.84. The summed E-state index contributed by atoms with van der Waals surface area (Å²) < 4.78 is 0. The van der Waals surface area contributed by atoms with Crippen molar-refractivity contribution in [2.24, 2.45) is 0 Å². The molecule has 0 saturated carbocycles. The molecule has 1 fully saturated rings. The molecular weight excluding hydrogens is 264 g/mol. The van der Waals surface area contributed by atoms with Crippen molar-refractivity contribution in [2.75, 3.05) is 48.3 Å². The third-order valence-corrected chi connectivity index (χ3v) is 3.72. The van der Waals surface area contributed by atoms with Crippen LogP contribution in [0.3, 0.4) is 0 Å². The zero-order valence-corrected chi connectivity index (χ0v) is 13.6. The first-order valence-electron chi connectivity index (χ1n) is 8.20. The van der Waals surface area contributed by atoms with Gasteiger partial charge in [0, 0.05) is 33.2 Å². The van der Waals surface area contributed by atoms with Gasteiger partial charge in [-0.3, -0.25) is 0 Å². The van der Waals surface area contributed by atoms with E-state index >= 15 is 0 Å². The molecule has 0 aliphatic carbocycles. The first kappa shape index (κ1) is 15.8. The van der Waals surface area contributed by atoms with Crippen LogP contribution in [0.25, 0.3) is 0 Å². The average molecular weight is 292 g/mol. The molecule has 118 valence electrons. The van der Waals surface area contributed by atoms with E-state index in [-0.39, 0.29) is 0 Å². The maximum atomic E-state index is 4.67. The minimum absolute atomic E-state index is 0.701. The molecule has 0 atom stereocenters. The van der Waals surface area contributed by atoms with Gasteiger partial charge in [0.1, 0.15) is 0 Å². The summed E-state index contributed by atoms with van der Waals surface area (Å²) in [4.78, 5) is 18.2. The lowest BCUT2D eigenvalue weighted by Crippen LogP contribution is -2.26. The highest BCUT2D eigenvalue weighted by molar-refractivity contribution is 5.45. The third-order valence-electron chi connectivity index (χ3n) is 3.72. The van der Waals surface area contributed by atoms with Crippen molar-refractivity contribution in [1.29, 1.82) is 0 Å². The topological polar surface area (TPSA) is 57.2 Å². The molecule has 6 heteroatoms. The maximum Gasteiger partial charge on any atom is 0.231 e. The molecule has 1 aromatic heterocycles. The second-order valence-corrected chi connectivity index (χ2v) is 5.66. The van der Waals surface area contributed by atoms with Crippen LogP contribution in [0.1, 0.15) is 46.0 Å². The Bertz CT molecular complexity index is 430. The first-order chi connectivity index (χ1) is 10.2. The van der Waals surface area contributed by atoms with Crippen molar-refractivity contribution in [2.45, 2.75) is 46.0 Å². The van der Waals surface area contributed by atoms with E-state index in [1.165, 1.54) is 19.3 Å². The maximum absolute atomic E-state index is 4.67. The Labute approximate surface area is 128 Å². The number of hydrogen-bond donors (Lipinski definition) is 1. The van der Waals surface area contributed by atoms with E-state index in [1.807, 2.05) is 0 Å². The fourth-order valence-corrected chi connectivity index (χ4v) is 2.39. The lowest BCUT2D eigenvalue weighted by Gasteiger charge is -2.21. The predicted octanol–water partition coefficient (Wildman–Crippen LogP) is 2.53. The summed E-state index contributed by atoms with van der Waals surface area (Å²) in [6.45, 7) is 8.31. The highest BCUT2D eigenvalue weighted by atomic mass is 15.4. The highest BCUT2D eigenvalue weighted by Crippen LogP contribution is 2.20. The molecule has 0 bridgehead atoms. The molecule has 0 radical (unpaired) electrons. The number of rotatable bonds is 8. The minimum atomic E-state index is 0.701. The van der Waals surface area contributed by atoms with Crippen LogP contribution in [0.15, 0.2) is 0 Å². The number of aromatic nitrogens is 3. The second kappa shape index (κ2) is 8.00. The first-order valence-corrected chi connectivity index (χ1v) is 8.20. The van der Waals surface area contributed by atoms with E-state index in [9.17, 15) is 0 Å². The van der Waals surface area contributed by atoms with Crippen LogP contribution < -0.4 is 15.1 Å². The number of nitrogens with one attached hydrogen (secondary N) is 1. The standard InChI is InChI=1S/C15H28N6/c1-4-6-10-20(3)14-17-13(16-9-5-2)18-15(19-14)21-11-7-8-12-21/h4-12H2,1-3H3,(H,16,17,18,19). The van der Waals surface area contributed by atoms with Gasteiger partial charge < -0.3 is 15.1 Å². The molecule has 0 unspecified atom stereocenters. The molecule has 1 N–H and O–H groups in total. The Kier molecular flexibility index (Phi) is 6.02. The Morgan fingerprint density at radius 2 is 1.86 bits per heavy atom. The molecule has 1 aliphatic rings. The van der Waals surface area contributed by atoms with E-state index in [4.69, 9.17) is 0 Å². The molecule has 0 aromatic carbocycles. The van der Waals surface area contributed by atoms with E-state index in [1.54, 1.807) is 0 Å². The molecule has 1 aromatic rings. The molecule has 2 rings (SSSR count). The van der Waals surface area contributed by atoms with Gasteiger partial charge in [0.15, 0.2) is 0 Å². The smallest absolute Gasteiger partial charge is 0.231 e. The van der Waals surface area contributed by atoms with Gasteiger partial charge in [-0.05, 0) is 25.7 Å². The molecule has 0 spiro atoms. The van der Waals surface area contributed by atoms with E-state index in [0.717, 1.165) is 50.9 Å². The largest absolute Gasteiger partial charge is 0.354 e. The molecule has 1 aliphatic heterocycles. The van der Waals surface area contributed by atoms with Crippen molar-refractivity contribution in [3.05, 3.63) is 0 Å². The van der Waals surface area contributed by atoms with Gasteiger partial charge >= 0.3 is 0 Å². The Hall–Kier alpha value is -1.59. The number of unbranched alkanes of at least 4 members (excludes halogenated alkanes) is 1. The zero-order chi connectivity index (χ0) is 15.1. The van der Waals surface area contributed by atoms with Gasteiger partial charge in [-0.1, -0.05) is 20.3 Å². The van der Waals surface area contributed by atoms with Crippen molar-refractivity contribution < 1.29 is 0 Å². The van der Waals surface area contributed by atoms with Gasteiger partial charge in [-0.2, -0.15) is 15.0 Å². The number of hydrogen-bond acceptors (Lipinski definition) is 6. The second-order valence-electron chi connectivity index (χ2n) is 5.66. The summed E-state index contributed by atoms with van der Waals surface area (Å²) in [5.41, 5.74) is 0. The van der Waals surface area contributed by atoms with Crippen molar-refractivity contribution in [1.82, 2.24) is 15.0 Å². The van der Waals surface area contributed by atoms with Crippen LogP contribution in [0.2, 0.25) is 0 Å². The Morgan fingerprint density at radius 1 is 1.10 bits per heavy atom. The van der Waals surface area contributed by atoms with E-state index in [2.05, 4.69) is 51.0 Å². The fraction of sp³-hybridized carbons (Fsp3) is 0.800. The summed E-state index contributed by atoms with van der Waals surface area (Å²) in [7, 11) is 2.06. The van der Waals surface area contributed by atoms with Crippen LogP contribution >= 0.6 is 0 Å². The van der Waals surface area contributed by atoms with Crippen LogP contribution in [-0.4, -0.2) is 48.2 Å².